The molecule has 0 aliphatic heterocycles. The van der Waals surface area contributed by atoms with Crippen molar-refractivity contribution in [3.8, 4) is 0 Å². The summed E-state index contributed by atoms with van der Waals surface area (Å²) in [7, 11) is 1.88. The van der Waals surface area contributed by atoms with Gasteiger partial charge in [-0.2, -0.15) is 0 Å². The van der Waals surface area contributed by atoms with Crippen LogP contribution in [0.3, 0.4) is 0 Å². The predicted octanol–water partition coefficient (Wildman–Crippen LogP) is 4.58. The Bertz CT molecular complexity index is 863. The van der Waals surface area contributed by atoms with Gasteiger partial charge in [0.1, 0.15) is 5.82 Å². The maximum Gasteiger partial charge on any atom is 0.274 e. The second-order valence-corrected chi connectivity index (χ2v) is 6.37. The zero-order valence-corrected chi connectivity index (χ0v) is 13.3. The van der Waals surface area contributed by atoms with Gasteiger partial charge < -0.3 is 0 Å². The van der Waals surface area contributed by atoms with Crippen molar-refractivity contribution in [3.05, 3.63) is 74.9 Å². The van der Waals surface area contributed by atoms with Crippen molar-refractivity contribution in [3.63, 3.8) is 0 Å². The van der Waals surface area contributed by atoms with Crippen molar-refractivity contribution in [2.45, 2.75) is 13.1 Å². The first-order chi connectivity index (χ1) is 11.0. The minimum Gasteiger partial charge on any atom is -0.298 e. The fourth-order valence-electron chi connectivity index (χ4n) is 2.65. The maximum atomic E-state index is 13.4. The van der Waals surface area contributed by atoms with Crippen LogP contribution in [0.5, 0.6) is 0 Å². The van der Waals surface area contributed by atoms with Crippen LogP contribution in [-0.2, 0) is 13.1 Å². The first kappa shape index (κ1) is 15.6. The number of benzene rings is 2. The Labute approximate surface area is 136 Å². The number of rotatable bonds is 5. The minimum atomic E-state index is -0.470. The summed E-state index contributed by atoms with van der Waals surface area (Å²) in [5.41, 5.74) is 1.51. The molecule has 1 heterocycles. The van der Waals surface area contributed by atoms with Crippen molar-refractivity contribution in [1.82, 2.24) is 4.90 Å². The SMILES string of the molecule is CN(Cc1cc(F)ccc1[N+](=O)[O-])Cc1csc2ccccc12. The molecule has 0 fully saturated rings. The van der Waals surface area contributed by atoms with Gasteiger partial charge in [0.25, 0.3) is 5.69 Å². The lowest BCUT2D eigenvalue weighted by Crippen LogP contribution is -2.18. The summed E-state index contributed by atoms with van der Waals surface area (Å²) >= 11 is 1.68. The van der Waals surface area contributed by atoms with E-state index in [1.807, 2.05) is 24.1 Å². The Morgan fingerprint density at radius 2 is 1.91 bits per heavy atom. The van der Waals surface area contributed by atoms with Gasteiger partial charge in [-0.25, -0.2) is 4.39 Å². The van der Waals surface area contributed by atoms with Crippen molar-refractivity contribution >= 4 is 27.1 Å². The van der Waals surface area contributed by atoms with Crippen LogP contribution in [0.2, 0.25) is 0 Å². The van der Waals surface area contributed by atoms with E-state index in [1.54, 1.807) is 11.3 Å². The van der Waals surface area contributed by atoms with Gasteiger partial charge in [-0.15, -0.1) is 11.3 Å². The van der Waals surface area contributed by atoms with E-state index < -0.39 is 10.7 Å². The van der Waals surface area contributed by atoms with Gasteiger partial charge in [-0.1, -0.05) is 18.2 Å². The molecule has 0 aliphatic carbocycles. The molecule has 0 amide bonds. The van der Waals surface area contributed by atoms with Crippen molar-refractivity contribution in [2.24, 2.45) is 0 Å². The van der Waals surface area contributed by atoms with Gasteiger partial charge in [0.2, 0.25) is 0 Å². The van der Waals surface area contributed by atoms with E-state index >= 15 is 0 Å². The highest BCUT2D eigenvalue weighted by atomic mass is 32.1. The highest BCUT2D eigenvalue weighted by Gasteiger charge is 2.16. The smallest absolute Gasteiger partial charge is 0.274 e. The molecule has 0 N–H and O–H groups in total. The van der Waals surface area contributed by atoms with E-state index in [0.29, 0.717) is 18.7 Å². The molecule has 23 heavy (non-hydrogen) atoms. The molecule has 2 aromatic carbocycles. The average Bonchev–Trinajstić information content (AvgIpc) is 2.90. The highest BCUT2D eigenvalue weighted by molar-refractivity contribution is 7.17. The highest BCUT2D eigenvalue weighted by Crippen LogP contribution is 2.27. The maximum absolute atomic E-state index is 13.4. The summed E-state index contributed by atoms with van der Waals surface area (Å²) < 4.78 is 14.6. The fourth-order valence-corrected chi connectivity index (χ4v) is 3.61. The van der Waals surface area contributed by atoms with E-state index in [9.17, 15) is 14.5 Å². The molecule has 4 nitrogen and oxygen atoms in total. The molecule has 0 saturated carbocycles. The van der Waals surface area contributed by atoms with E-state index in [-0.39, 0.29) is 5.69 Å². The number of hydrogen-bond donors (Lipinski definition) is 0. The van der Waals surface area contributed by atoms with Crippen LogP contribution in [0, 0.1) is 15.9 Å². The Morgan fingerprint density at radius 1 is 1.17 bits per heavy atom. The summed E-state index contributed by atoms with van der Waals surface area (Å²) in [4.78, 5) is 12.6. The van der Waals surface area contributed by atoms with Gasteiger partial charge in [0.15, 0.2) is 0 Å². The molecule has 0 bridgehead atoms. The number of nitro benzene ring substituents is 1. The summed E-state index contributed by atoms with van der Waals surface area (Å²) in [5.74, 6) is -0.458. The number of thiophene rings is 1. The normalized spacial score (nSPS) is 11.3. The van der Waals surface area contributed by atoms with Crippen LogP contribution < -0.4 is 0 Å². The topological polar surface area (TPSA) is 46.4 Å². The quantitative estimate of drug-likeness (QED) is 0.508. The third-order valence-electron chi connectivity index (χ3n) is 3.68. The standard InChI is InChI=1S/C17H15FN2O2S/c1-19(9-12-8-14(18)6-7-16(12)20(21)22)10-13-11-23-17-5-3-2-4-15(13)17/h2-8,11H,9-10H2,1H3. The van der Waals surface area contributed by atoms with E-state index in [1.165, 1.54) is 27.8 Å². The van der Waals surface area contributed by atoms with Crippen LogP contribution in [0.15, 0.2) is 47.8 Å². The lowest BCUT2D eigenvalue weighted by atomic mass is 10.1. The minimum absolute atomic E-state index is 0.0478. The van der Waals surface area contributed by atoms with Crippen molar-refractivity contribution in [1.29, 1.82) is 0 Å². The molecule has 0 atom stereocenters. The van der Waals surface area contributed by atoms with E-state index in [2.05, 4.69) is 17.5 Å². The lowest BCUT2D eigenvalue weighted by Gasteiger charge is -2.16. The molecule has 0 saturated heterocycles. The Kier molecular flexibility index (Phi) is 4.36. The second-order valence-electron chi connectivity index (χ2n) is 5.46. The van der Waals surface area contributed by atoms with Gasteiger partial charge >= 0.3 is 0 Å². The zero-order chi connectivity index (χ0) is 16.4. The third-order valence-corrected chi connectivity index (χ3v) is 4.69. The van der Waals surface area contributed by atoms with E-state index in [0.717, 1.165) is 6.07 Å². The van der Waals surface area contributed by atoms with Crippen LogP contribution in [0.1, 0.15) is 11.1 Å². The zero-order valence-electron chi connectivity index (χ0n) is 12.5. The largest absolute Gasteiger partial charge is 0.298 e. The molecule has 3 aromatic rings. The first-order valence-electron chi connectivity index (χ1n) is 7.11. The molecular weight excluding hydrogens is 315 g/mol. The average molecular weight is 330 g/mol. The van der Waals surface area contributed by atoms with Crippen molar-refractivity contribution in [2.75, 3.05) is 7.05 Å². The molecule has 3 rings (SSSR count). The molecule has 0 radical (unpaired) electrons. The molecule has 0 spiro atoms. The Balaban J connectivity index is 1.81. The van der Waals surface area contributed by atoms with Crippen LogP contribution in [-0.4, -0.2) is 16.9 Å². The summed E-state index contributed by atoms with van der Waals surface area (Å²) in [6.07, 6.45) is 0. The van der Waals surface area contributed by atoms with Gasteiger partial charge in [-0.05, 0) is 41.6 Å². The summed E-state index contributed by atoms with van der Waals surface area (Å²) in [6.45, 7) is 0.968. The number of nitro groups is 1. The predicted molar refractivity (Wildman–Crippen MR) is 90.1 cm³/mol. The first-order valence-corrected chi connectivity index (χ1v) is 7.99. The number of nitrogens with zero attached hydrogens (tertiary/aromatic N) is 2. The Hall–Kier alpha value is -2.31. The van der Waals surface area contributed by atoms with Gasteiger partial charge in [0, 0.05) is 29.4 Å². The fraction of sp³-hybridized carbons (Fsp3) is 0.176. The molecule has 0 aliphatic rings. The number of halogens is 1. The third kappa shape index (κ3) is 3.38. The summed E-state index contributed by atoms with van der Waals surface area (Å²) in [6, 6.07) is 11.7. The van der Waals surface area contributed by atoms with Gasteiger partial charge in [-0.3, -0.25) is 15.0 Å². The van der Waals surface area contributed by atoms with Crippen molar-refractivity contribution < 1.29 is 9.31 Å². The summed E-state index contributed by atoms with van der Waals surface area (Å²) in [5, 5.41) is 14.4. The molecule has 6 heteroatoms. The van der Waals surface area contributed by atoms with E-state index in [4.69, 9.17) is 0 Å². The lowest BCUT2D eigenvalue weighted by molar-refractivity contribution is -0.385. The molecular formula is C17H15FN2O2S. The molecule has 1 aromatic heterocycles. The molecule has 118 valence electrons. The molecule has 0 unspecified atom stereocenters. The van der Waals surface area contributed by atoms with Crippen LogP contribution >= 0.6 is 11.3 Å². The van der Waals surface area contributed by atoms with Crippen LogP contribution in [0.4, 0.5) is 10.1 Å². The number of fused-ring (bicyclic) bond motifs is 1. The van der Waals surface area contributed by atoms with Gasteiger partial charge in [0.05, 0.1) is 4.92 Å². The number of hydrogen-bond acceptors (Lipinski definition) is 4. The Morgan fingerprint density at radius 3 is 2.70 bits per heavy atom. The van der Waals surface area contributed by atoms with Crippen LogP contribution in [0.25, 0.3) is 10.1 Å². The second kappa shape index (κ2) is 6.44. The monoisotopic (exact) mass is 330 g/mol.